The molecule has 0 fully saturated rings. The predicted octanol–water partition coefficient (Wildman–Crippen LogP) is 1.71. The van der Waals surface area contributed by atoms with Crippen LogP contribution in [-0.4, -0.2) is 38.4 Å². The molecule has 0 radical (unpaired) electrons. The summed E-state index contributed by atoms with van der Waals surface area (Å²) < 4.78 is 0. The van der Waals surface area contributed by atoms with Gasteiger partial charge in [-0.25, -0.2) is 0 Å². The summed E-state index contributed by atoms with van der Waals surface area (Å²) in [6, 6.07) is 0. The number of hydrogen-bond acceptors (Lipinski definition) is 4. The Morgan fingerprint density at radius 2 is 2.23 bits per heavy atom. The molecule has 4 nitrogen and oxygen atoms in total. The third kappa shape index (κ3) is 4.52. The van der Waals surface area contributed by atoms with Crippen LogP contribution in [-0.2, 0) is 0 Å². The van der Waals surface area contributed by atoms with Crippen molar-refractivity contribution in [1.29, 1.82) is 0 Å². The lowest BCUT2D eigenvalue weighted by Gasteiger charge is -2.03. The molecule has 0 aliphatic carbocycles. The molecule has 4 heteroatoms. The number of allylic oxidation sites excluding steroid dienone is 1. The van der Waals surface area contributed by atoms with Crippen molar-refractivity contribution < 1.29 is 0 Å². The van der Waals surface area contributed by atoms with Crippen LogP contribution in [0.25, 0.3) is 0 Å². The summed E-state index contributed by atoms with van der Waals surface area (Å²) >= 11 is 0. The van der Waals surface area contributed by atoms with Crippen LogP contribution >= 0.6 is 0 Å². The molecule has 0 aromatic heterocycles. The standard InChI is InChI=1S/C9H16N4/c1-13(2)8-12-11-7-9-5-3-4-6-10-9/h5-6H,3-4,7-8H2,1-2H3. The van der Waals surface area contributed by atoms with Crippen LogP contribution in [0, 0.1) is 0 Å². The number of hydrogen-bond donors (Lipinski definition) is 0. The van der Waals surface area contributed by atoms with E-state index in [1.54, 1.807) is 0 Å². The molecule has 1 aliphatic rings. The second kappa shape index (κ2) is 5.59. The van der Waals surface area contributed by atoms with Crippen molar-refractivity contribution in [2.24, 2.45) is 15.2 Å². The molecule has 1 heterocycles. The van der Waals surface area contributed by atoms with E-state index in [1.807, 2.05) is 25.2 Å². The molecule has 13 heavy (non-hydrogen) atoms. The van der Waals surface area contributed by atoms with Crippen molar-refractivity contribution >= 4 is 6.21 Å². The van der Waals surface area contributed by atoms with Crippen LogP contribution in [0.5, 0.6) is 0 Å². The van der Waals surface area contributed by atoms with E-state index in [0.717, 1.165) is 18.5 Å². The van der Waals surface area contributed by atoms with Crippen LogP contribution in [0.2, 0.25) is 0 Å². The van der Waals surface area contributed by atoms with Gasteiger partial charge < -0.3 is 0 Å². The smallest absolute Gasteiger partial charge is 0.112 e. The van der Waals surface area contributed by atoms with E-state index in [1.165, 1.54) is 0 Å². The highest BCUT2D eigenvalue weighted by Crippen LogP contribution is 2.06. The van der Waals surface area contributed by atoms with Gasteiger partial charge in [-0.2, -0.15) is 10.2 Å². The van der Waals surface area contributed by atoms with Crippen molar-refractivity contribution in [1.82, 2.24) is 4.90 Å². The first-order valence-electron chi connectivity index (χ1n) is 4.48. The molecule has 0 aromatic rings. The highest BCUT2D eigenvalue weighted by molar-refractivity contribution is 5.60. The second-order valence-electron chi connectivity index (χ2n) is 3.25. The van der Waals surface area contributed by atoms with Gasteiger partial charge in [0.25, 0.3) is 0 Å². The maximum absolute atomic E-state index is 4.21. The Labute approximate surface area is 79.1 Å². The monoisotopic (exact) mass is 180 g/mol. The maximum atomic E-state index is 4.21. The minimum Gasteiger partial charge on any atom is -0.289 e. The van der Waals surface area contributed by atoms with E-state index in [-0.39, 0.29) is 0 Å². The molecular weight excluding hydrogens is 164 g/mol. The van der Waals surface area contributed by atoms with Crippen molar-refractivity contribution in [3.05, 3.63) is 11.8 Å². The SMILES string of the molecule is CN(C)CN=NCC1=CCCC=N1. The van der Waals surface area contributed by atoms with E-state index in [2.05, 4.69) is 21.3 Å². The summed E-state index contributed by atoms with van der Waals surface area (Å²) in [5.41, 5.74) is 1.04. The highest BCUT2D eigenvalue weighted by Gasteiger charge is 1.96. The average Bonchev–Trinajstić information content (AvgIpc) is 2.14. The lowest BCUT2D eigenvalue weighted by molar-refractivity contribution is 0.413. The van der Waals surface area contributed by atoms with Gasteiger partial charge in [-0.15, -0.1) is 0 Å². The highest BCUT2D eigenvalue weighted by atomic mass is 15.2. The molecule has 0 bridgehead atoms. The fourth-order valence-corrected chi connectivity index (χ4v) is 0.958. The molecule has 0 N–H and O–H groups in total. The summed E-state index contributed by atoms with van der Waals surface area (Å²) in [5, 5.41) is 8.04. The molecule has 0 aromatic carbocycles. The molecule has 0 saturated heterocycles. The lowest BCUT2D eigenvalue weighted by atomic mass is 10.2. The zero-order valence-corrected chi connectivity index (χ0v) is 8.27. The Morgan fingerprint density at radius 3 is 2.85 bits per heavy atom. The molecule has 72 valence electrons. The zero-order chi connectivity index (χ0) is 9.52. The molecule has 1 rings (SSSR count). The van der Waals surface area contributed by atoms with E-state index in [4.69, 9.17) is 0 Å². The minimum absolute atomic E-state index is 0.615. The fraction of sp³-hybridized carbons (Fsp3) is 0.667. The molecule has 0 spiro atoms. The van der Waals surface area contributed by atoms with Gasteiger partial charge in [0.1, 0.15) is 13.2 Å². The summed E-state index contributed by atoms with van der Waals surface area (Å²) in [4.78, 5) is 6.19. The number of rotatable bonds is 4. The normalized spacial score (nSPS) is 17.0. The molecule has 0 amide bonds. The molecule has 1 aliphatic heterocycles. The van der Waals surface area contributed by atoms with Crippen LogP contribution < -0.4 is 0 Å². The Kier molecular flexibility index (Phi) is 4.32. The van der Waals surface area contributed by atoms with Crippen LogP contribution in [0.15, 0.2) is 27.0 Å². The zero-order valence-electron chi connectivity index (χ0n) is 8.27. The van der Waals surface area contributed by atoms with Crippen molar-refractivity contribution in [2.45, 2.75) is 12.8 Å². The van der Waals surface area contributed by atoms with E-state index in [0.29, 0.717) is 13.2 Å². The van der Waals surface area contributed by atoms with E-state index < -0.39 is 0 Å². The van der Waals surface area contributed by atoms with Gasteiger partial charge in [-0.3, -0.25) is 9.89 Å². The average molecular weight is 180 g/mol. The number of aliphatic imine (C=N–C) groups is 1. The van der Waals surface area contributed by atoms with Gasteiger partial charge in [-0.05, 0) is 26.9 Å². The van der Waals surface area contributed by atoms with Crippen LogP contribution in [0.4, 0.5) is 0 Å². The van der Waals surface area contributed by atoms with Gasteiger partial charge in [-0.1, -0.05) is 6.08 Å². The summed E-state index contributed by atoms with van der Waals surface area (Å²) in [6.07, 6.45) is 6.20. The first-order chi connectivity index (χ1) is 6.29. The predicted molar refractivity (Wildman–Crippen MR) is 54.1 cm³/mol. The topological polar surface area (TPSA) is 40.3 Å². The Bertz CT molecular complexity index is 228. The van der Waals surface area contributed by atoms with E-state index in [9.17, 15) is 0 Å². The first kappa shape index (κ1) is 10.1. The van der Waals surface area contributed by atoms with Crippen LogP contribution in [0.3, 0.4) is 0 Å². The third-order valence-corrected chi connectivity index (χ3v) is 1.61. The Morgan fingerprint density at radius 1 is 1.38 bits per heavy atom. The van der Waals surface area contributed by atoms with Gasteiger partial charge in [0, 0.05) is 6.21 Å². The Balaban J connectivity index is 2.21. The summed E-state index contributed by atoms with van der Waals surface area (Å²) in [6.45, 7) is 1.27. The summed E-state index contributed by atoms with van der Waals surface area (Å²) in [7, 11) is 3.94. The van der Waals surface area contributed by atoms with Crippen molar-refractivity contribution in [2.75, 3.05) is 27.3 Å². The third-order valence-electron chi connectivity index (χ3n) is 1.61. The van der Waals surface area contributed by atoms with Gasteiger partial charge in [0.2, 0.25) is 0 Å². The van der Waals surface area contributed by atoms with Gasteiger partial charge in [0.15, 0.2) is 0 Å². The quantitative estimate of drug-likeness (QED) is 0.607. The second-order valence-corrected chi connectivity index (χ2v) is 3.25. The van der Waals surface area contributed by atoms with Crippen molar-refractivity contribution in [3.8, 4) is 0 Å². The van der Waals surface area contributed by atoms with Crippen molar-refractivity contribution in [3.63, 3.8) is 0 Å². The lowest BCUT2D eigenvalue weighted by Crippen LogP contribution is -2.10. The molecular formula is C9H16N4. The summed E-state index contributed by atoms with van der Waals surface area (Å²) in [5.74, 6) is 0. The molecule has 0 unspecified atom stereocenters. The van der Waals surface area contributed by atoms with Gasteiger partial charge >= 0.3 is 0 Å². The first-order valence-corrected chi connectivity index (χ1v) is 4.48. The van der Waals surface area contributed by atoms with Gasteiger partial charge in [0.05, 0.1) is 5.70 Å². The maximum Gasteiger partial charge on any atom is 0.112 e. The Hall–Kier alpha value is -1.03. The minimum atomic E-state index is 0.615. The molecule has 0 atom stereocenters. The largest absolute Gasteiger partial charge is 0.289 e. The van der Waals surface area contributed by atoms with E-state index >= 15 is 0 Å². The number of nitrogens with zero attached hydrogens (tertiary/aromatic N) is 4. The van der Waals surface area contributed by atoms with Crippen LogP contribution in [0.1, 0.15) is 12.8 Å². The molecule has 0 saturated carbocycles. The fourth-order valence-electron chi connectivity index (χ4n) is 0.958. The number of azo groups is 1.